The minimum absolute atomic E-state index is 0.0845. The molecule has 0 unspecified atom stereocenters. The standard InChI is InChI=1S/C27H21N3O5/c1-35-18-6-4-5-16(13-18)24-23-20(19-7-2-3-8-21(19)28-23)14-22-25(31)29(27(34)30(22)24)17-11-9-15(10-12-17)26(32)33/h2-13,22,24,28H,14H2,1H3,(H,32,33)/t22-,24+/m0/s1. The maximum atomic E-state index is 13.8. The van der Waals surface area contributed by atoms with Crippen molar-refractivity contribution in [2.75, 3.05) is 12.0 Å². The number of hydrogen-bond acceptors (Lipinski definition) is 4. The molecule has 1 aromatic heterocycles. The Morgan fingerprint density at radius 3 is 2.54 bits per heavy atom. The number of carboxylic acid groups (broad SMARTS) is 1. The summed E-state index contributed by atoms with van der Waals surface area (Å²) >= 11 is 0. The molecule has 3 heterocycles. The Bertz CT molecular complexity index is 1510. The average molecular weight is 467 g/mol. The van der Waals surface area contributed by atoms with Gasteiger partial charge < -0.3 is 14.8 Å². The van der Waals surface area contributed by atoms with Crippen LogP contribution in [0, 0.1) is 0 Å². The van der Waals surface area contributed by atoms with Crippen molar-refractivity contribution in [1.82, 2.24) is 9.88 Å². The zero-order valence-corrected chi connectivity index (χ0v) is 18.8. The third-order valence-electron chi connectivity index (χ3n) is 6.83. The number of rotatable bonds is 4. The molecule has 174 valence electrons. The summed E-state index contributed by atoms with van der Waals surface area (Å²) in [4.78, 5) is 45.0. The number of H-pyrrole nitrogens is 1. The number of carbonyl (C=O) groups excluding carboxylic acids is 2. The molecule has 8 heteroatoms. The average Bonchev–Trinajstić information content (AvgIpc) is 3.37. The number of hydrogen-bond donors (Lipinski definition) is 2. The van der Waals surface area contributed by atoms with Gasteiger partial charge in [0.25, 0.3) is 5.91 Å². The van der Waals surface area contributed by atoms with E-state index in [1.807, 2.05) is 48.5 Å². The molecule has 3 amide bonds. The number of aromatic amines is 1. The summed E-state index contributed by atoms with van der Waals surface area (Å²) in [5.74, 6) is -0.750. The number of methoxy groups -OCH3 is 1. The van der Waals surface area contributed by atoms with Crippen molar-refractivity contribution in [2.24, 2.45) is 0 Å². The van der Waals surface area contributed by atoms with Crippen LogP contribution in [-0.2, 0) is 11.2 Å². The SMILES string of the molecule is COc1cccc([C@@H]2c3[nH]c4ccccc4c3C[C@H]3C(=O)N(c4ccc(C(=O)O)cc4)C(=O)N23)c1. The molecule has 3 aromatic carbocycles. The molecule has 0 bridgehead atoms. The number of aromatic carboxylic acids is 1. The molecule has 1 saturated heterocycles. The fraction of sp³-hybridized carbons (Fsp3) is 0.148. The van der Waals surface area contributed by atoms with Crippen molar-refractivity contribution < 1.29 is 24.2 Å². The number of fused-ring (bicyclic) bond motifs is 4. The Morgan fingerprint density at radius 1 is 1.03 bits per heavy atom. The lowest BCUT2D eigenvalue weighted by atomic mass is 9.89. The summed E-state index contributed by atoms with van der Waals surface area (Å²) in [6.45, 7) is 0. The summed E-state index contributed by atoms with van der Waals surface area (Å²) in [6, 6.07) is 19.5. The molecular weight excluding hydrogens is 446 g/mol. The highest BCUT2D eigenvalue weighted by Crippen LogP contribution is 2.45. The van der Waals surface area contributed by atoms with Gasteiger partial charge in [0.05, 0.1) is 18.4 Å². The Balaban J connectivity index is 1.51. The van der Waals surface area contributed by atoms with Crippen LogP contribution < -0.4 is 9.64 Å². The molecule has 0 aliphatic carbocycles. The van der Waals surface area contributed by atoms with E-state index in [4.69, 9.17) is 4.74 Å². The van der Waals surface area contributed by atoms with Crippen molar-refractivity contribution in [2.45, 2.75) is 18.5 Å². The van der Waals surface area contributed by atoms with Crippen molar-refractivity contribution in [3.8, 4) is 5.75 Å². The first-order valence-corrected chi connectivity index (χ1v) is 11.2. The monoisotopic (exact) mass is 467 g/mol. The van der Waals surface area contributed by atoms with E-state index >= 15 is 0 Å². The Kier molecular flexibility index (Phi) is 4.63. The van der Waals surface area contributed by atoms with Gasteiger partial charge in [-0.05, 0) is 53.6 Å². The van der Waals surface area contributed by atoms with Crippen molar-refractivity contribution in [3.63, 3.8) is 0 Å². The summed E-state index contributed by atoms with van der Waals surface area (Å²) in [7, 11) is 1.59. The zero-order chi connectivity index (χ0) is 24.3. The number of anilines is 1. The van der Waals surface area contributed by atoms with Crippen LogP contribution in [0.15, 0.2) is 72.8 Å². The van der Waals surface area contributed by atoms with Gasteiger partial charge in [-0.2, -0.15) is 0 Å². The number of nitrogens with zero attached hydrogens (tertiary/aromatic N) is 2. The van der Waals surface area contributed by atoms with E-state index in [1.165, 1.54) is 24.3 Å². The van der Waals surface area contributed by atoms with Gasteiger partial charge in [0.2, 0.25) is 0 Å². The number of amides is 3. The Labute approximate surface area is 200 Å². The second kappa shape index (κ2) is 7.73. The molecule has 4 aromatic rings. The fourth-order valence-corrected chi connectivity index (χ4v) is 5.22. The lowest BCUT2D eigenvalue weighted by Crippen LogP contribution is -2.44. The number of imide groups is 1. The lowest BCUT2D eigenvalue weighted by Gasteiger charge is -2.36. The van der Waals surface area contributed by atoms with Gasteiger partial charge in [-0.3, -0.25) is 9.69 Å². The number of benzene rings is 3. The smallest absolute Gasteiger partial charge is 0.335 e. The quantitative estimate of drug-likeness (QED) is 0.434. The highest BCUT2D eigenvalue weighted by Gasteiger charge is 2.53. The molecule has 8 nitrogen and oxygen atoms in total. The van der Waals surface area contributed by atoms with Gasteiger partial charge in [0, 0.05) is 23.0 Å². The first-order valence-electron chi connectivity index (χ1n) is 11.2. The van der Waals surface area contributed by atoms with Crippen molar-refractivity contribution >= 4 is 34.5 Å². The third-order valence-corrected chi connectivity index (χ3v) is 6.83. The number of aromatic nitrogens is 1. The van der Waals surface area contributed by atoms with Crippen LogP contribution in [0.3, 0.4) is 0 Å². The normalized spacial score (nSPS) is 19.1. The van der Waals surface area contributed by atoms with Crippen molar-refractivity contribution in [3.05, 3.63) is 95.2 Å². The minimum atomic E-state index is -1.07. The number of urea groups is 1. The number of carboxylic acids is 1. The second-order valence-corrected chi connectivity index (χ2v) is 8.68. The molecule has 2 aliphatic rings. The molecule has 35 heavy (non-hydrogen) atoms. The number of para-hydroxylation sites is 1. The zero-order valence-electron chi connectivity index (χ0n) is 18.8. The van der Waals surface area contributed by atoms with Crippen LogP contribution >= 0.6 is 0 Å². The first-order chi connectivity index (χ1) is 17.0. The molecule has 2 N–H and O–H groups in total. The third kappa shape index (κ3) is 3.10. The maximum absolute atomic E-state index is 13.8. The molecule has 2 aliphatic heterocycles. The van der Waals surface area contributed by atoms with Crippen LogP contribution in [-0.4, -0.2) is 46.0 Å². The second-order valence-electron chi connectivity index (χ2n) is 8.68. The number of nitrogens with one attached hydrogen (secondary N) is 1. The molecule has 0 radical (unpaired) electrons. The van der Waals surface area contributed by atoms with Gasteiger partial charge in [0.15, 0.2) is 0 Å². The Hall–Kier alpha value is -4.59. The van der Waals surface area contributed by atoms with E-state index in [2.05, 4.69) is 4.98 Å². The highest BCUT2D eigenvalue weighted by atomic mass is 16.5. The van der Waals surface area contributed by atoms with E-state index in [-0.39, 0.29) is 11.5 Å². The van der Waals surface area contributed by atoms with Gasteiger partial charge in [0.1, 0.15) is 17.8 Å². The first kappa shape index (κ1) is 21.0. The number of carbonyl (C=O) groups is 3. The van der Waals surface area contributed by atoms with E-state index < -0.39 is 24.1 Å². The van der Waals surface area contributed by atoms with Gasteiger partial charge in [-0.1, -0.05) is 30.3 Å². The summed E-state index contributed by atoms with van der Waals surface area (Å²) in [5, 5.41) is 10.2. The summed E-state index contributed by atoms with van der Waals surface area (Å²) in [5.41, 5.74) is 4.09. The maximum Gasteiger partial charge on any atom is 0.335 e. The summed E-state index contributed by atoms with van der Waals surface area (Å²) < 4.78 is 5.43. The predicted molar refractivity (Wildman–Crippen MR) is 129 cm³/mol. The van der Waals surface area contributed by atoms with Crippen LogP contribution in [0.2, 0.25) is 0 Å². The van der Waals surface area contributed by atoms with Gasteiger partial charge >= 0.3 is 12.0 Å². The van der Waals surface area contributed by atoms with E-state index in [9.17, 15) is 19.5 Å². The lowest BCUT2D eigenvalue weighted by molar-refractivity contribution is -0.120. The Morgan fingerprint density at radius 2 is 1.80 bits per heavy atom. The van der Waals surface area contributed by atoms with Crippen LogP contribution in [0.4, 0.5) is 10.5 Å². The molecule has 6 rings (SSSR count). The predicted octanol–water partition coefficient (Wildman–Crippen LogP) is 4.36. The molecule has 0 saturated carbocycles. The molecular formula is C27H21N3O5. The van der Waals surface area contributed by atoms with Crippen LogP contribution in [0.25, 0.3) is 10.9 Å². The minimum Gasteiger partial charge on any atom is -0.497 e. The van der Waals surface area contributed by atoms with E-state index in [0.717, 1.165) is 32.6 Å². The summed E-state index contributed by atoms with van der Waals surface area (Å²) in [6.07, 6.45) is 0.383. The van der Waals surface area contributed by atoms with E-state index in [0.29, 0.717) is 17.9 Å². The fourth-order valence-electron chi connectivity index (χ4n) is 5.22. The van der Waals surface area contributed by atoms with Crippen molar-refractivity contribution in [1.29, 1.82) is 0 Å². The van der Waals surface area contributed by atoms with Crippen LogP contribution in [0.5, 0.6) is 5.75 Å². The van der Waals surface area contributed by atoms with Crippen LogP contribution in [0.1, 0.15) is 33.2 Å². The molecule has 0 spiro atoms. The largest absolute Gasteiger partial charge is 0.497 e. The highest BCUT2D eigenvalue weighted by molar-refractivity contribution is 6.22. The topological polar surface area (TPSA) is 103 Å². The molecule has 1 fully saturated rings. The van der Waals surface area contributed by atoms with E-state index in [1.54, 1.807) is 12.0 Å². The molecule has 2 atom stereocenters. The van der Waals surface area contributed by atoms with Gasteiger partial charge in [-0.15, -0.1) is 0 Å². The van der Waals surface area contributed by atoms with Gasteiger partial charge in [-0.25, -0.2) is 14.5 Å². The number of ether oxygens (including phenoxy) is 1.